The lowest BCUT2D eigenvalue weighted by Gasteiger charge is -2.13. The van der Waals surface area contributed by atoms with E-state index in [-0.39, 0.29) is 6.42 Å². The standard InChI is InChI=1S/C10H13NO4/c12-9(13)5-3-4-8(10(14)15)11-6-1-2-7-11/h1-2,6-8H,3-5H2,(H,12,13)(H,14,15). The van der Waals surface area contributed by atoms with Crippen LogP contribution in [-0.4, -0.2) is 26.7 Å². The number of carboxylic acid groups (broad SMARTS) is 2. The Kier molecular flexibility index (Phi) is 3.91. The van der Waals surface area contributed by atoms with Gasteiger partial charge in [0.05, 0.1) is 0 Å². The second kappa shape index (κ2) is 5.19. The van der Waals surface area contributed by atoms with Crippen molar-refractivity contribution in [1.29, 1.82) is 0 Å². The summed E-state index contributed by atoms with van der Waals surface area (Å²) in [5.41, 5.74) is 0. The predicted molar refractivity (Wildman–Crippen MR) is 52.6 cm³/mol. The highest BCUT2D eigenvalue weighted by molar-refractivity contribution is 5.72. The summed E-state index contributed by atoms with van der Waals surface area (Å²) in [7, 11) is 0. The molecule has 5 heteroatoms. The van der Waals surface area contributed by atoms with E-state index in [2.05, 4.69) is 0 Å². The minimum atomic E-state index is -0.934. The van der Waals surface area contributed by atoms with Crippen molar-refractivity contribution >= 4 is 11.9 Å². The molecule has 0 aliphatic rings. The fraction of sp³-hybridized carbons (Fsp3) is 0.400. The molecule has 15 heavy (non-hydrogen) atoms. The van der Waals surface area contributed by atoms with Gasteiger partial charge in [0.15, 0.2) is 0 Å². The number of rotatable bonds is 6. The van der Waals surface area contributed by atoms with E-state index >= 15 is 0 Å². The second-order valence-electron chi connectivity index (χ2n) is 3.27. The first-order valence-electron chi connectivity index (χ1n) is 4.68. The van der Waals surface area contributed by atoms with Gasteiger partial charge in [-0.2, -0.15) is 0 Å². The summed E-state index contributed by atoms with van der Waals surface area (Å²) in [4.78, 5) is 21.2. The van der Waals surface area contributed by atoms with E-state index in [0.717, 1.165) is 0 Å². The summed E-state index contributed by atoms with van der Waals surface area (Å²) in [6, 6.07) is 2.82. The Hall–Kier alpha value is -1.78. The quantitative estimate of drug-likeness (QED) is 0.744. The van der Waals surface area contributed by atoms with Crippen molar-refractivity contribution in [2.24, 2.45) is 0 Å². The van der Waals surface area contributed by atoms with Crippen molar-refractivity contribution in [3.05, 3.63) is 24.5 Å². The first kappa shape index (κ1) is 11.3. The van der Waals surface area contributed by atoms with E-state index in [1.165, 1.54) is 0 Å². The zero-order valence-electron chi connectivity index (χ0n) is 8.17. The van der Waals surface area contributed by atoms with Gasteiger partial charge in [-0.25, -0.2) is 4.79 Å². The van der Waals surface area contributed by atoms with Gasteiger partial charge in [-0.15, -0.1) is 0 Å². The molecule has 0 fully saturated rings. The maximum atomic E-state index is 10.9. The molecule has 1 unspecified atom stereocenters. The molecule has 1 aromatic heterocycles. The maximum Gasteiger partial charge on any atom is 0.326 e. The molecule has 82 valence electrons. The van der Waals surface area contributed by atoms with Crippen LogP contribution in [0.1, 0.15) is 25.3 Å². The number of carbonyl (C=O) groups is 2. The van der Waals surface area contributed by atoms with Gasteiger partial charge >= 0.3 is 11.9 Å². The zero-order valence-corrected chi connectivity index (χ0v) is 8.17. The van der Waals surface area contributed by atoms with Gasteiger partial charge in [0.25, 0.3) is 0 Å². The van der Waals surface area contributed by atoms with E-state index < -0.39 is 18.0 Å². The third-order valence-electron chi connectivity index (χ3n) is 2.14. The number of hydrogen-bond acceptors (Lipinski definition) is 2. The lowest BCUT2D eigenvalue weighted by molar-refractivity contribution is -0.142. The summed E-state index contributed by atoms with van der Waals surface area (Å²) in [5, 5.41) is 17.4. The van der Waals surface area contributed by atoms with Crippen LogP contribution in [0.3, 0.4) is 0 Å². The van der Waals surface area contributed by atoms with Crippen molar-refractivity contribution in [2.45, 2.75) is 25.3 Å². The van der Waals surface area contributed by atoms with Gasteiger partial charge in [-0.3, -0.25) is 4.79 Å². The van der Waals surface area contributed by atoms with Gasteiger partial charge in [-0.05, 0) is 25.0 Å². The summed E-state index contributed by atoms with van der Waals surface area (Å²) in [5.74, 6) is -1.83. The third kappa shape index (κ3) is 3.46. The largest absolute Gasteiger partial charge is 0.481 e. The molecule has 0 amide bonds. The van der Waals surface area contributed by atoms with Gasteiger partial charge in [-0.1, -0.05) is 0 Å². The molecule has 1 atom stereocenters. The van der Waals surface area contributed by atoms with Gasteiger partial charge in [0.2, 0.25) is 0 Å². The highest BCUT2D eigenvalue weighted by atomic mass is 16.4. The molecular weight excluding hydrogens is 198 g/mol. The molecule has 0 aromatic carbocycles. The fourth-order valence-corrected chi connectivity index (χ4v) is 1.40. The number of hydrogen-bond donors (Lipinski definition) is 2. The molecule has 0 saturated heterocycles. The van der Waals surface area contributed by atoms with E-state index in [1.54, 1.807) is 29.1 Å². The summed E-state index contributed by atoms with van der Waals surface area (Å²) < 4.78 is 1.57. The van der Waals surface area contributed by atoms with Gasteiger partial charge in [0, 0.05) is 18.8 Å². The molecule has 1 heterocycles. The highest BCUT2D eigenvalue weighted by Crippen LogP contribution is 2.15. The van der Waals surface area contributed by atoms with Crippen LogP contribution < -0.4 is 0 Å². The fourth-order valence-electron chi connectivity index (χ4n) is 1.40. The predicted octanol–water partition coefficient (Wildman–Crippen LogP) is 1.37. The number of nitrogens with zero attached hydrogens (tertiary/aromatic N) is 1. The molecule has 0 spiro atoms. The topological polar surface area (TPSA) is 79.5 Å². The van der Waals surface area contributed by atoms with E-state index in [1.807, 2.05) is 0 Å². The highest BCUT2D eigenvalue weighted by Gasteiger charge is 2.18. The van der Waals surface area contributed by atoms with Crippen LogP contribution in [0.4, 0.5) is 0 Å². The van der Waals surface area contributed by atoms with Crippen LogP contribution in [0, 0.1) is 0 Å². The minimum absolute atomic E-state index is 0.00501. The minimum Gasteiger partial charge on any atom is -0.481 e. The van der Waals surface area contributed by atoms with Crippen molar-refractivity contribution in [2.75, 3.05) is 0 Å². The molecule has 0 bridgehead atoms. The van der Waals surface area contributed by atoms with Crippen LogP contribution in [0.5, 0.6) is 0 Å². The van der Waals surface area contributed by atoms with Gasteiger partial charge in [0.1, 0.15) is 6.04 Å². The first-order chi connectivity index (χ1) is 7.11. The van der Waals surface area contributed by atoms with E-state index in [9.17, 15) is 9.59 Å². The summed E-state index contributed by atoms with van der Waals surface area (Å²) in [6.45, 7) is 0. The van der Waals surface area contributed by atoms with Crippen molar-refractivity contribution in [1.82, 2.24) is 4.57 Å². The Bertz CT molecular complexity index is 331. The normalized spacial score (nSPS) is 12.3. The van der Waals surface area contributed by atoms with Crippen LogP contribution in [0.2, 0.25) is 0 Å². The van der Waals surface area contributed by atoms with Crippen molar-refractivity contribution in [3.8, 4) is 0 Å². The van der Waals surface area contributed by atoms with Gasteiger partial charge < -0.3 is 14.8 Å². The molecule has 0 radical (unpaired) electrons. The second-order valence-corrected chi connectivity index (χ2v) is 3.27. The van der Waals surface area contributed by atoms with E-state index in [4.69, 9.17) is 10.2 Å². The Morgan fingerprint density at radius 2 is 1.80 bits per heavy atom. The van der Waals surface area contributed by atoms with Crippen LogP contribution in [-0.2, 0) is 9.59 Å². The average Bonchev–Trinajstić information content (AvgIpc) is 2.63. The Morgan fingerprint density at radius 3 is 2.27 bits per heavy atom. The Balaban J connectivity index is 2.53. The zero-order chi connectivity index (χ0) is 11.3. The van der Waals surface area contributed by atoms with Crippen LogP contribution >= 0.6 is 0 Å². The SMILES string of the molecule is O=C(O)CCCC(C(=O)O)n1cccc1. The molecule has 0 saturated carbocycles. The smallest absolute Gasteiger partial charge is 0.326 e. The average molecular weight is 211 g/mol. The van der Waals surface area contributed by atoms with Crippen molar-refractivity contribution in [3.63, 3.8) is 0 Å². The monoisotopic (exact) mass is 211 g/mol. The molecule has 2 N–H and O–H groups in total. The maximum absolute atomic E-state index is 10.9. The van der Waals surface area contributed by atoms with E-state index in [0.29, 0.717) is 12.8 Å². The first-order valence-corrected chi connectivity index (χ1v) is 4.68. The van der Waals surface area contributed by atoms with Crippen LogP contribution in [0.25, 0.3) is 0 Å². The van der Waals surface area contributed by atoms with Crippen LogP contribution in [0.15, 0.2) is 24.5 Å². The summed E-state index contributed by atoms with van der Waals surface area (Å²) >= 11 is 0. The molecule has 1 rings (SSSR count). The summed E-state index contributed by atoms with van der Waals surface area (Å²) in [6.07, 6.45) is 4.03. The molecule has 0 aliphatic carbocycles. The molecular formula is C10H13NO4. The molecule has 5 nitrogen and oxygen atoms in total. The lowest BCUT2D eigenvalue weighted by atomic mass is 10.1. The number of aromatic nitrogens is 1. The molecule has 1 aromatic rings. The Morgan fingerprint density at radius 1 is 1.20 bits per heavy atom. The Labute approximate surface area is 87.0 Å². The number of aliphatic carboxylic acids is 2. The molecule has 0 aliphatic heterocycles. The van der Waals surface area contributed by atoms with Crippen molar-refractivity contribution < 1.29 is 19.8 Å². The number of carboxylic acids is 2. The lowest BCUT2D eigenvalue weighted by Crippen LogP contribution is -2.18. The third-order valence-corrected chi connectivity index (χ3v) is 2.14.